The van der Waals surface area contributed by atoms with Gasteiger partial charge in [0.05, 0.1) is 47.7 Å². The average molecular weight is 597 g/mol. The first-order valence-corrected chi connectivity index (χ1v) is 13.6. The molecule has 3 aromatic heterocycles. The number of amides is 1. The van der Waals surface area contributed by atoms with Gasteiger partial charge in [-0.15, -0.1) is 5.10 Å². The van der Waals surface area contributed by atoms with Crippen LogP contribution in [0.2, 0.25) is 10.2 Å². The van der Waals surface area contributed by atoms with E-state index in [1.165, 1.54) is 27.8 Å². The Morgan fingerprint density at radius 1 is 0.905 bits per heavy atom. The maximum absolute atomic E-state index is 13.7. The first-order chi connectivity index (χ1) is 20.4. The third-order valence-electron chi connectivity index (χ3n) is 6.56. The van der Waals surface area contributed by atoms with E-state index in [2.05, 4.69) is 25.7 Å². The molecule has 0 aliphatic carbocycles. The number of aromatic nitrogens is 7. The molecule has 1 unspecified atom stereocenters. The maximum atomic E-state index is 13.7. The normalized spacial score (nSPS) is 11.8. The van der Waals surface area contributed by atoms with Crippen LogP contribution in [0.1, 0.15) is 11.6 Å². The Morgan fingerprint density at radius 2 is 1.67 bits per heavy atom. The molecule has 0 saturated carbocycles. The van der Waals surface area contributed by atoms with Gasteiger partial charge in [-0.25, -0.2) is 14.3 Å². The minimum atomic E-state index is -0.894. The number of halogens is 2. The van der Waals surface area contributed by atoms with Crippen molar-refractivity contribution in [3.8, 4) is 22.6 Å². The molecule has 0 spiro atoms. The molecule has 3 aromatic carbocycles. The molecule has 1 N–H and O–H groups in total. The first kappa shape index (κ1) is 27.1. The highest BCUT2D eigenvalue weighted by Crippen LogP contribution is 2.28. The minimum absolute atomic E-state index is 0.211. The van der Waals surface area contributed by atoms with Crippen LogP contribution < -0.4 is 10.9 Å². The van der Waals surface area contributed by atoms with Gasteiger partial charge >= 0.3 is 0 Å². The summed E-state index contributed by atoms with van der Waals surface area (Å²) in [4.78, 5) is 31.8. The van der Waals surface area contributed by atoms with Crippen molar-refractivity contribution in [3.05, 3.63) is 136 Å². The van der Waals surface area contributed by atoms with E-state index in [0.29, 0.717) is 27.7 Å². The molecule has 10 nitrogen and oxygen atoms in total. The summed E-state index contributed by atoms with van der Waals surface area (Å²) in [5.41, 5.74) is 3.29. The Kier molecular flexibility index (Phi) is 7.63. The van der Waals surface area contributed by atoms with Crippen molar-refractivity contribution in [1.82, 2.24) is 34.3 Å². The highest BCUT2D eigenvalue weighted by Gasteiger charge is 2.24. The Hall–Kier alpha value is -5.06. The van der Waals surface area contributed by atoms with Crippen molar-refractivity contribution in [2.45, 2.75) is 12.5 Å². The molecule has 0 radical (unpaired) electrons. The number of nitrogens with zero attached hydrogens (tertiary/aromatic N) is 7. The number of rotatable bonds is 8. The van der Waals surface area contributed by atoms with E-state index in [-0.39, 0.29) is 17.5 Å². The van der Waals surface area contributed by atoms with E-state index in [1.54, 1.807) is 35.3 Å². The summed E-state index contributed by atoms with van der Waals surface area (Å²) in [6, 6.07) is 24.6. The molecule has 0 fully saturated rings. The van der Waals surface area contributed by atoms with E-state index in [9.17, 15) is 9.59 Å². The minimum Gasteiger partial charge on any atom is -0.322 e. The predicted octanol–water partition coefficient (Wildman–Crippen LogP) is 5.41. The van der Waals surface area contributed by atoms with E-state index >= 15 is 0 Å². The average Bonchev–Trinajstić information content (AvgIpc) is 3.66. The van der Waals surface area contributed by atoms with Gasteiger partial charge < -0.3 is 5.32 Å². The predicted molar refractivity (Wildman–Crippen MR) is 160 cm³/mol. The fourth-order valence-electron chi connectivity index (χ4n) is 4.56. The third kappa shape index (κ3) is 5.85. The molecule has 0 bridgehead atoms. The topological polar surface area (TPSA) is 113 Å². The highest BCUT2D eigenvalue weighted by atomic mass is 35.5. The SMILES string of the molecule is O=C(Nc1cnn(-c2ccccc2)c1)C(Cc1ccccc1)n1cnc(-c2cc(Cl)ccc2-n2cc(Cl)nn2)cc1=O. The highest BCUT2D eigenvalue weighted by molar-refractivity contribution is 6.31. The molecular formula is C30H22Cl2N8O2. The number of anilines is 1. The van der Waals surface area contributed by atoms with Crippen LogP contribution in [0.3, 0.4) is 0 Å². The second-order valence-corrected chi connectivity index (χ2v) is 10.2. The zero-order valence-corrected chi connectivity index (χ0v) is 23.4. The van der Waals surface area contributed by atoms with Crippen molar-refractivity contribution in [2.24, 2.45) is 0 Å². The van der Waals surface area contributed by atoms with Gasteiger partial charge in [0, 0.05) is 23.1 Å². The monoisotopic (exact) mass is 596 g/mol. The maximum Gasteiger partial charge on any atom is 0.254 e. The van der Waals surface area contributed by atoms with E-state index in [0.717, 1.165) is 11.3 Å². The number of hydrogen-bond acceptors (Lipinski definition) is 6. The molecule has 42 heavy (non-hydrogen) atoms. The lowest BCUT2D eigenvalue weighted by Gasteiger charge is -2.19. The van der Waals surface area contributed by atoms with Crippen LogP contribution >= 0.6 is 23.2 Å². The zero-order valence-electron chi connectivity index (χ0n) is 21.9. The summed E-state index contributed by atoms with van der Waals surface area (Å²) in [6.45, 7) is 0. The van der Waals surface area contributed by atoms with Gasteiger partial charge in [-0.1, -0.05) is 76.9 Å². The second kappa shape index (κ2) is 11.8. The number of carbonyl (C=O) groups excluding carboxylic acids is 1. The van der Waals surface area contributed by atoms with Crippen LogP contribution in [0, 0.1) is 0 Å². The molecular weight excluding hydrogens is 575 g/mol. The Morgan fingerprint density at radius 3 is 2.38 bits per heavy atom. The number of hydrogen-bond donors (Lipinski definition) is 1. The molecule has 6 aromatic rings. The molecule has 208 valence electrons. The Labute approximate surface area is 249 Å². The van der Waals surface area contributed by atoms with Crippen LogP contribution in [0.15, 0.2) is 115 Å². The van der Waals surface area contributed by atoms with Crippen molar-refractivity contribution in [1.29, 1.82) is 0 Å². The number of nitrogens with one attached hydrogen (secondary N) is 1. The Bertz CT molecular complexity index is 1920. The summed E-state index contributed by atoms with van der Waals surface area (Å²) >= 11 is 12.3. The van der Waals surface area contributed by atoms with Gasteiger partial charge in [-0.3, -0.25) is 14.2 Å². The van der Waals surface area contributed by atoms with Gasteiger partial charge in [0.1, 0.15) is 6.04 Å². The van der Waals surface area contributed by atoms with Gasteiger partial charge in [0.15, 0.2) is 5.15 Å². The van der Waals surface area contributed by atoms with Crippen LogP contribution in [0.5, 0.6) is 0 Å². The lowest BCUT2D eigenvalue weighted by molar-refractivity contribution is -0.119. The molecule has 12 heteroatoms. The van der Waals surface area contributed by atoms with Crippen LogP contribution in [-0.2, 0) is 11.2 Å². The Balaban J connectivity index is 1.34. The molecule has 0 aliphatic heterocycles. The zero-order chi connectivity index (χ0) is 29.1. The van der Waals surface area contributed by atoms with Crippen molar-refractivity contribution >= 4 is 34.8 Å². The second-order valence-electron chi connectivity index (χ2n) is 9.37. The van der Waals surface area contributed by atoms with Gasteiger partial charge in [-0.2, -0.15) is 5.10 Å². The van der Waals surface area contributed by atoms with E-state index < -0.39 is 11.6 Å². The lowest BCUT2D eigenvalue weighted by Crippen LogP contribution is -2.34. The standard InChI is InChI=1S/C30H22Cl2N8O2/c31-21-11-12-26(40-18-28(32)36-37-40)24(14-21)25-15-29(41)38(19-33-25)27(13-20-7-3-1-4-8-20)30(42)35-22-16-34-39(17-22)23-9-5-2-6-10-23/h1-12,14-19,27H,13H2,(H,35,42). The molecule has 0 saturated heterocycles. The summed E-state index contributed by atoms with van der Waals surface area (Å²) in [7, 11) is 0. The van der Waals surface area contributed by atoms with Gasteiger partial charge in [0.2, 0.25) is 5.91 Å². The summed E-state index contributed by atoms with van der Waals surface area (Å²) in [5, 5.41) is 15.8. The van der Waals surface area contributed by atoms with E-state index in [4.69, 9.17) is 23.2 Å². The molecule has 0 aliphatic rings. The smallest absolute Gasteiger partial charge is 0.254 e. The fraction of sp³-hybridized carbons (Fsp3) is 0.0667. The molecule has 1 atom stereocenters. The van der Waals surface area contributed by atoms with Crippen molar-refractivity contribution in [2.75, 3.05) is 5.32 Å². The third-order valence-corrected chi connectivity index (χ3v) is 6.97. The van der Waals surface area contributed by atoms with Gasteiger partial charge in [0.25, 0.3) is 5.56 Å². The molecule has 3 heterocycles. The van der Waals surface area contributed by atoms with Crippen molar-refractivity contribution in [3.63, 3.8) is 0 Å². The lowest BCUT2D eigenvalue weighted by atomic mass is 10.0. The van der Waals surface area contributed by atoms with Crippen molar-refractivity contribution < 1.29 is 4.79 Å². The summed E-state index contributed by atoms with van der Waals surface area (Å²) in [6.07, 6.45) is 6.45. The molecule has 1 amide bonds. The van der Waals surface area contributed by atoms with E-state index in [1.807, 2.05) is 60.7 Å². The van der Waals surface area contributed by atoms with Crippen LogP contribution in [0.4, 0.5) is 5.69 Å². The largest absolute Gasteiger partial charge is 0.322 e. The first-order valence-electron chi connectivity index (χ1n) is 12.9. The number of benzene rings is 3. The van der Waals surface area contributed by atoms with Crippen LogP contribution in [-0.4, -0.2) is 40.2 Å². The van der Waals surface area contributed by atoms with Crippen LogP contribution in [0.25, 0.3) is 22.6 Å². The van der Waals surface area contributed by atoms with Gasteiger partial charge in [-0.05, 0) is 35.9 Å². The number of para-hydroxylation sites is 1. The molecule has 6 rings (SSSR count). The summed E-state index contributed by atoms with van der Waals surface area (Å²) in [5.74, 6) is -0.385. The number of carbonyl (C=O) groups is 1. The fourth-order valence-corrected chi connectivity index (χ4v) is 4.85. The summed E-state index contributed by atoms with van der Waals surface area (Å²) < 4.78 is 4.46. The quantitative estimate of drug-likeness (QED) is 0.251.